The number of carbonyl (C=O) groups excluding carboxylic acids is 2. The third-order valence-electron chi connectivity index (χ3n) is 9.41. The van der Waals surface area contributed by atoms with Crippen LogP contribution in [0.1, 0.15) is 73.1 Å². The maximum atomic E-state index is 13.1. The van der Waals surface area contributed by atoms with Crippen LogP contribution < -0.4 is 0 Å². The predicted molar refractivity (Wildman–Crippen MR) is 107 cm³/mol. The summed E-state index contributed by atoms with van der Waals surface area (Å²) < 4.78 is 12.7. The number of aliphatic hydroxyl groups is 1. The van der Waals surface area contributed by atoms with Crippen molar-refractivity contribution in [1.82, 2.24) is 0 Å². The van der Waals surface area contributed by atoms with Crippen molar-refractivity contribution in [2.45, 2.75) is 96.7 Å². The van der Waals surface area contributed by atoms with Gasteiger partial charge >= 0.3 is 0 Å². The third-order valence-corrected chi connectivity index (χ3v) is 9.41. The van der Waals surface area contributed by atoms with Gasteiger partial charge in [0.25, 0.3) is 0 Å². The number of aliphatic hydroxyl groups excluding tert-OH is 1. The summed E-state index contributed by atoms with van der Waals surface area (Å²) in [5.41, 5.74) is -0.322. The monoisotopic (exact) mass is 402 g/mol. The number of rotatable bonds is 1. The normalized spacial score (nSPS) is 52.8. The molecule has 5 nitrogen and oxygen atoms in total. The van der Waals surface area contributed by atoms with Crippen molar-refractivity contribution in [3.8, 4) is 0 Å². The van der Waals surface area contributed by atoms with E-state index >= 15 is 0 Å². The summed E-state index contributed by atoms with van der Waals surface area (Å²) >= 11 is 0. The highest BCUT2D eigenvalue weighted by Crippen LogP contribution is 2.70. The molecule has 5 aliphatic rings. The van der Waals surface area contributed by atoms with Crippen molar-refractivity contribution in [3.63, 3.8) is 0 Å². The molecule has 0 amide bonds. The van der Waals surface area contributed by atoms with E-state index < -0.39 is 22.9 Å². The molecule has 0 radical (unpaired) electrons. The van der Waals surface area contributed by atoms with Gasteiger partial charge in [0.05, 0.1) is 12.2 Å². The molecule has 4 fully saturated rings. The maximum Gasteiger partial charge on any atom is 0.164 e. The van der Waals surface area contributed by atoms with Crippen molar-refractivity contribution in [3.05, 3.63) is 11.6 Å². The highest BCUT2D eigenvalue weighted by atomic mass is 16.8. The van der Waals surface area contributed by atoms with Crippen LogP contribution in [0, 0.1) is 28.6 Å². The zero-order valence-electron chi connectivity index (χ0n) is 18.3. The van der Waals surface area contributed by atoms with Gasteiger partial charge in [-0.05, 0) is 82.1 Å². The van der Waals surface area contributed by atoms with Crippen molar-refractivity contribution in [2.75, 3.05) is 0 Å². The molecule has 0 spiro atoms. The molecule has 0 bridgehead atoms. The zero-order valence-corrected chi connectivity index (χ0v) is 18.3. The lowest BCUT2D eigenvalue weighted by Gasteiger charge is -2.60. The van der Waals surface area contributed by atoms with Crippen LogP contribution in [-0.2, 0) is 19.1 Å². The molecule has 1 saturated heterocycles. The third kappa shape index (κ3) is 2.33. The van der Waals surface area contributed by atoms with Gasteiger partial charge in [0.2, 0.25) is 0 Å². The van der Waals surface area contributed by atoms with E-state index in [2.05, 4.69) is 13.8 Å². The van der Waals surface area contributed by atoms with Gasteiger partial charge in [0.1, 0.15) is 0 Å². The number of carbonyl (C=O) groups is 2. The number of hydrogen-bond acceptors (Lipinski definition) is 5. The minimum Gasteiger partial charge on any atom is -0.393 e. The first kappa shape index (κ1) is 19.9. The van der Waals surface area contributed by atoms with Crippen LogP contribution in [0.4, 0.5) is 0 Å². The quantitative estimate of drug-likeness (QED) is 0.726. The fraction of sp³-hybridized carbons (Fsp3) is 0.833. The van der Waals surface area contributed by atoms with E-state index in [0.29, 0.717) is 18.8 Å². The van der Waals surface area contributed by atoms with Crippen molar-refractivity contribution in [1.29, 1.82) is 0 Å². The average Bonchev–Trinajstić information content (AvgIpc) is 3.02. The maximum absolute atomic E-state index is 13.1. The van der Waals surface area contributed by atoms with Gasteiger partial charge in [-0.3, -0.25) is 9.59 Å². The zero-order chi connectivity index (χ0) is 21.0. The SMILES string of the molecule is CC(=O)[C@@]12OC(C)(C)O[C@@H]1C[C@H]1[C@@H]3CCC4=CC(=O)CC[C@]4(C)[C@H]3[C@H](O)C[C@@]12C. The molecule has 1 aliphatic heterocycles. The number of hydrogen-bond donors (Lipinski definition) is 1. The van der Waals surface area contributed by atoms with E-state index in [9.17, 15) is 14.7 Å². The van der Waals surface area contributed by atoms with E-state index in [4.69, 9.17) is 9.47 Å². The Labute approximate surface area is 173 Å². The predicted octanol–water partition coefficient (Wildman–Crippen LogP) is 3.58. The fourth-order valence-corrected chi connectivity index (χ4v) is 8.43. The number of ether oxygens (including phenoxy) is 2. The lowest BCUT2D eigenvalue weighted by Crippen LogP contribution is -2.63. The molecular weight excluding hydrogens is 368 g/mol. The van der Waals surface area contributed by atoms with Crippen LogP contribution in [0.15, 0.2) is 11.6 Å². The Balaban J connectivity index is 1.58. The van der Waals surface area contributed by atoms with E-state index in [1.807, 2.05) is 19.9 Å². The molecule has 3 saturated carbocycles. The van der Waals surface area contributed by atoms with Crippen LogP contribution in [0.5, 0.6) is 0 Å². The van der Waals surface area contributed by atoms with E-state index in [1.165, 1.54) is 5.57 Å². The summed E-state index contributed by atoms with van der Waals surface area (Å²) in [5, 5.41) is 11.5. The standard InChI is InChI=1S/C24H34O5/c1-13(25)24-19(28-21(2,3)29-24)11-17-16-7-6-14-10-15(26)8-9-22(14,4)20(16)18(27)12-23(17,24)5/h10,16-20,27H,6-9,11-12H2,1-5H3/t16-,17-,18+,19+,20+,22-,23-,24+/m0/s1. The second-order valence-corrected chi connectivity index (χ2v) is 11.2. The highest BCUT2D eigenvalue weighted by Gasteiger charge is 2.76. The summed E-state index contributed by atoms with van der Waals surface area (Å²) in [6, 6.07) is 0. The highest BCUT2D eigenvalue weighted by molar-refractivity contribution is 5.91. The summed E-state index contributed by atoms with van der Waals surface area (Å²) in [4.78, 5) is 25.1. The van der Waals surface area contributed by atoms with Crippen molar-refractivity contribution >= 4 is 11.6 Å². The topological polar surface area (TPSA) is 72.8 Å². The van der Waals surface area contributed by atoms with Crippen LogP contribution in [0.25, 0.3) is 0 Å². The Kier molecular flexibility index (Phi) is 3.98. The van der Waals surface area contributed by atoms with Crippen LogP contribution in [-0.4, -0.2) is 40.3 Å². The van der Waals surface area contributed by atoms with E-state index in [1.54, 1.807) is 6.92 Å². The Bertz CT molecular complexity index is 814. The lowest BCUT2D eigenvalue weighted by atomic mass is 9.45. The summed E-state index contributed by atoms with van der Waals surface area (Å²) in [5.74, 6) is 0.179. The van der Waals surface area contributed by atoms with Gasteiger partial charge in [-0.15, -0.1) is 0 Å². The minimum absolute atomic E-state index is 0.0228. The van der Waals surface area contributed by atoms with Gasteiger partial charge in [-0.1, -0.05) is 19.4 Å². The molecule has 0 unspecified atom stereocenters. The van der Waals surface area contributed by atoms with Gasteiger partial charge in [-0.25, -0.2) is 0 Å². The molecule has 8 atom stereocenters. The van der Waals surface area contributed by atoms with Crippen molar-refractivity contribution < 1.29 is 24.2 Å². The van der Waals surface area contributed by atoms with E-state index in [-0.39, 0.29) is 34.9 Å². The summed E-state index contributed by atoms with van der Waals surface area (Å²) in [7, 11) is 0. The minimum atomic E-state index is -0.979. The number of Topliss-reactive ketones (excluding diaryl/α,β-unsaturated/α-hetero) is 1. The first-order valence-electron chi connectivity index (χ1n) is 11.3. The van der Waals surface area contributed by atoms with Crippen LogP contribution in [0.3, 0.4) is 0 Å². The second-order valence-electron chi connectivity index (χ2n) is 11.2. The van der Waals surface area contributed by atoms with Gasteiger partial charge in [0, 0.05) is 11.8 Å². The van der Waals surface area contributed by atoms with Gasteiger partial charge < -0.3 is 14.6 Å². The molecule has 1 heterocycles. The first-order chi connectivity index (χ1) is 13.4. The molecule has 5 rings (SSSR count). The summed E-state index contributed by atoms with van der Waals surface area (Å²) in [6.07, 6.45) is 5.70. The Morgan fingerprint density at radius 2 is 1.93 bits per heavy atom. The largest absolute Gasteiger partial charge is 0.393 e. The molecule has 5 heteroatoms. The smallest absolute Gasteiger partial charge is 0.164 e. The molecule has 0 aromatic heterocycles. The molecule has 4 aliphatic carbocycles. The molecule has 29 heavy (non-hydrogen) atoms. The Hall–Kier alpha value is -1.04. The van der Waals surface area contributed by atoms with Crippen molar-refractivity contribution in [2.24, 2.45) is 28.6 Å². The van der Waals surface area contributed by atoms with E-state index in [0.717, 1.165) is 25.7 Å². The van der Waals surface area contributed by atoms with Gasteiger partial charge in [0.15, 0.2) is 23.0 Å². The first-order valence-corrected chi connectivity index (χ1v) is 11.3. The molecule has 0 aromatic carbocycles. The number of ketones is 2. The Morgan fingerprint density at radius 3 is 2.62 bits per heavy atom. The fourth-order valence-electron chi connectivity index (χ4n) is 8.43. The molecule has 160 valence electrons. The van der Waals surface area contributed by atoms with Crippen LogP contribution >= 0.6 is 0 Å². The van der Waals surface area contributed by atoms with Gasteiger partial charge in [-0.2, -0.15) is 0 Å². The Morgan fingerprint density at radius 1 is 1.21 bits per heavy atom. The number of allylic oxidation sites excluding steroid dienone is 1. The summed E-state index contributed by atoms with van der Waals surface area (Å²) in [6.45, 7) is 9.80. The molecule has 0 aromatic rings. The second kappa shape index (κ2) is 5.80. The molecule has 1 N–H and O–H groups in total. The van der Waals surface area contributed by atoms with Crippen LogP contribution in [0.2, 0.25) is 0 Å². The number of fused-ring (bicyclic) bond motifs is 7. The average molecular weight is 403 g/mol. The molecular formula is C24H34O5. The lowest BCUT2D eigenvalue weighted by molar-refractivity contribution is -0.225.